The van der Waals surface area contributed by atoms with E-state index in [0.29, 0.717) is 41.4 Å². The van der Waals surface area contributed by atoms with Gasteiger partial charge in [0.2, 0.25) is 0 Å². The van der Waals surface area contributed by atoms with Crippen LogP contribution >= 0.6 is 0 Å². The zero-order valence-electron chi connectivity index (χ0n) is 20.1. The number of hydrazone groups is 1. The molecule has 0 aliphatic rings. The molecule has 4 aromatic rings. The molecule has 1 amide bonds. The second-order valence-corrected chi connectivity index (χ2v) is 7.71. The van der Waals surface area contributed by atoms with Gasteiger partial charge >= 0.3 is 5.97 Å². The fraction of sp³-hybridized carbons (Fsp3) is 0.138. The molecule has 4 rings (SSSR count). The zero-order chi connectivity index (χ0) is 25.3. The summed E-state index contributed by atoms with van der Waals surface area (Å²) in [6, 6.07) is 25.0. The van der Waals surface area contributed by atoms with E-state index in [1.165, 1.54) is 6.21 Å². The van der Waals surface area contributed by atoms with Crippen molar-refractivity contribution in [2.75, 3.05) is 13.2 Å². The molecule has 0 saturated heterocycles. The van der Waals surface area contributed by atoms with Crippen LogP contribution in [0.15, 0.2) is 90.0 Å². The number of carbonyl (C=O) groups is 2. The standard InChI is InChI=1S/C29H26N2O5/c1-3-34-23-15-13-22(14-16-23)29(33)36-26-17-12-20(18-27(26)35-4-2)19-30-31-28(32)25-11-7-9-21-8-5-6-10-24(21)25/h5-19H,3-4H2,1-2H3,(H,31,32). The molecule has 0 aromatic heterocycles. The third kappa shape index (κ3) is 5.88. The monoisotopic (exact) mass is 482 g/mol. The average Bonchev–Trinajstić information content (AvgIpc) is 2.90. The summed E-state index contributed by atoms with van der Waals surface area (Å²) in [6.45, 7) is 4.66. The third-order valence-electron chi connectivity index (χ3n) is 5.29. The van der Waals surface area contributed by atoms with Crippen LogP contribution in [-0.4, -0.2) is 31.3 Å². The van der Waals surface area contributed by atoms with Gasteiger partial charge in [-0.05, 0) is 78.7 Å². The molecular formula is C29H26N2O5. The van der Waals surface area contributed by atoms with Crippen molar-refractivity contribution < 1.29 is 23.8 Å². The highest BCUT2D eigenvalue weighted by Crippen LogP contribution is 2.29. The molecule has 0 saturated carbocycles. The quantitative estimate of drug-likeness (QED) is 0.145. The Hall–Kier alpha value is -4.65. The van der Waals surface area contributed by atoms with Crippen molar-refractivity contribution in [3.8, 4) is 17.2 Å². The zero-order valence-corrected chi connectivity index (χ0v) is 20.1. The topological polar surface area (TPSA) is 86.2 Å². The van der Waals surface area contributed by atoms with E-state index in [4.69, 9.17) is 14.2 Å². The van der Waals surface area contributed by atoms with Crippen LogP contribution in [-0.2, 0) is 0 Å². The smallest absolute Gasteiger partial charge is 0.343 e. The van der Waals surface area contributed by atoms with Crippen LogP contribution in [0.2, 0.25) is 0 Å². The maximum atomic E-state index is 12.7. The predicted octanol–water partition coefficient (Wildman–Crippen LogP) is 5.62. The van der Waals surface area contributed by atoms with Crippen LogP contribution < -0.4 is 19.6 Å². The van der Waals surface area contributed by atoms with Crippen molar-refractivity contribution in [3.63, 3.8) is 0 Å². The summed E-state index contributed by atoms with van der Waals surface area (Å²) in [7, 11) is 0. The molecule has 36 heavy (non-hydrogen) atoms. The van der Waals surface area contributed by atoms with Crippen molar-refractivity contribution in [2.45, 2.75) is 13.8 Å². The van der Waals surface area contributed by atoms with Crippen molar-refractivity contribution in [1.29, 1.82) is 0 Å². The van der Waals surface area contributed by atoms with Crippen molar-refractivity contribution in [3.05, 3.63) is 102 Å². The van der Waals surface area contributed by atoms with Crippen LogP contribution in [0, 0.1) is 0 Å². The first kappa shape index (κ1) is 24.5. The summed E-state index contributed by atoms with van der Waals surface area (Å²) in [5.41, 5.74) is 4.16. The minimum absolute atomic E-state index is 0.285. The van der Waals surface area contributed by atoms with Crippen LogP contribution in [0.4, 0.5) is 0 Å². The Morgan fingerprint density at radius 1 is 0.833 bits per heavy atom. The van der Waals surface area contributed by atoms with E-state index >= 15 is 0 Å². The number of amides is 1. The van der Waals surface area contributed by atoms with Crippen LogP contribution in [0.1, 0.15) is 40.1 Å². The molecule has 0 unspecified atom stereocenters. The molecule has 0 heterocycles. The molecule has 0 aliphatic heterocycles. The number of nitrogens with zero attached hydrogens (tertiary/aromatic N) is 1. The second-order valence-electron chi connectivity index (χ2n) is 7.71. The average molecular weight is 483 g/mol. The van der Waals surface area contributed by atoms with Gasteiger partial charge in [0.25, 0.3) is 5.91 Å². The summed E-state index contributed by atoms with van der Waals surface area (Å²) in [5, 5.41) is 5.92. The maximum absolute atomic E-state index is 12.7. The van der Waals surface area contributed by atoms with Crippen LogP contribution in [0.3, 0.4) is 0 Å². The lowest BCUT2D eigenvalue weighted by molar-refractivity contribution is 0.0728. The van der Waals surface area contributed by atoms with Gasteiger partial charge in [-0.25, -0.2) is 10.2 Å². The first-order valence-electron chi connectivity index (χ1n) is 11.6. The van der Waals surface area contributed by atoms with Gasteiger partial charge in [-0.1, -0.05) is 36.4 Å². The lowest BCUT2D eigenvalue weighted by Gasteiger charge is -2.11. The molecule has 0 spiro atoms. The Labute approximate surface area is 209 Å². The van der Waals surface area contributed by atoms with Gasteiger partial charge in [0, 0.05) is 5.56 Å². The number of benzene rings is 4. The highest BCUT2D eigenvalue weighted by molar-refractivity contribution is 6.07. The largest absolute Gasteiger partial charge is 0.494 e. The molecule has 7 nitrogen and oxygen atoms in total. The van der Waals surface area contributed by atoms with E-state index in [0.717, 1.165) is 10.8 Å². The lowest BCUT2D eigenvalue weighted by atomic mass is 10.0. The molecule has 4 aromatic carbocycles. The van der Waals surface area contributed by atoms with Gasteiger partial charge in [-0.15, -0.1) is 0 Å². The number of nitrogens with one attached hydrogen (secondary N) is 1. The summed E-state index contributed by atoms with van der Waals surface area (Å²) in [5.74, 6) is 0.533. The van der Waals surface area contributed by atoms with E-state index in [1.807, 2.05) is 50.2 Å². The van der Waals surface area contributed by atoms with Gasteiger partial charge in [0.1, 0.15) is 5.75 Å². The first-order valence-corrected chi connectivity index (χ1v) is 11.6. The van der Waals surface area contributed by atoms with Gasteiger partial charge < -0.3 is 14.2 Å². The van der Waals surface area contributed by atoms with Crippen molar-refractivity contribution in [1.82, 2.24) is 5.43 Å². The fourth-order valence-corrected chi connectivity index (χ4v) is 3.62. The molecule has 182 valence electrons. The Balaban J connectivity index is 1.45. The number of ether oxygens (including phenoxy) is 3. The molecule has 7 heteroatoms. The van der Waals surface area contributed by atoms with Gasteiger partial charge in [0.05, 0.1) is 25.0 Å². The predicted molar refractivity (Wildman–Crippen MR) is 139 cm³/mol. The minimum atomic E-state index is -0.511. The number of rotatable bonds is 9. The third-order valence-corrected chi connectivity index (χ3v) is 5.29. The van der Waals surface area contributed by atoms with E-state index in [1.54, 1.807) is 48.5 Å². The minimum Gasteiger partial charge on any atom is -0.494 e. The van der Waals surface area contributed by atoms with Crippen LogP contribution in [0.25, 0.3) is 10.8 Å². The highest BCUT2D eigenvalue weighted by atomic mass is 16.6. The summed E-state index contributed by atoms with van der Waals surface area (Å²) in [6.07, 6.45) is 1.50. The molecule has 1 N–H and O–H groups in total. The number of esters is 1. The van der Waals surface area contributed by atoms with Gasteiger partial charge in [0.15, 0.2) is 11.5 Å². The second kappa shape index (κ2) is 11.7. The SMILES string of the molecule is CCOc1ccc(C(=O)Oc2ccc(C=NNC(=O)c3cccc4ccccc34)cc2OCC)cc1. The van der Waals surface area contributed by atoms with E-state index in [-0.39, 0.29) is 11.7 Å². The van der Waals surface area contributed by atoms with Gasteiger partial charge in [-0.3, -0.25) is 4.79 Å². The van der Waals surface area contributed by atoms with Crippen molar-refractivity contribution in [2.24, 2.45) is 5.10 Å². The Bertz CT molecular complexity index is 1390. The normalized spacial score (nSPS) is 10.8. The number of hydrogen-bond acceptors (Lipinski definition) is 6. The maximum Gasteiger partial charge on any atom is 0.343 e. The van der Waals surface area contributed by atoms with Crippen molar-refractivity contribution >= 4 is 28.9 Å². The Morgan fingerprint density at radius 3 is 2.36 bits per heavy atom. The Morgan fingerprint density at radius 2 is 1.58 bits per heavy atom. The van der Waals surface area contributed by atoms with E-state index in [9.17, 15) is 9.59 Å². The number of fused-ring (bicyclic) bond motifs is 1. The van der Waals surface area contributed by atoms with E-state index < -0.39 is 5.97 Å². The summed E-state index contributed by atoms with van der Waals surface area (Å²) < 4.78 is 16.6. The lowest BCUT2D eigenvalue weighted by Crippen LogP contribution is -2.17. The molecule has 0 bridgehead atoms. The molecule has 0 radical (unpaired) electrons. The molecule has 0 atom stereocenters. The highest BCUT2D eigenvalue weighted by Gasteiger charge is 2.14. The molecule has 0 fully saturated rings. The Kier molecular flexibility index (Phi) is 7.93. The van der Waals surface area contributed by atoms with Crippen LogP contribution in [0.5, 0.6) is 17.2 Å². The number of hydrogen-bond donors (Lipinski definition) is 1. The fourth-order valence-electron chi connectivity index (χ4n) is 3.62. The molecule has 0 aliphatic carbocycles. The van der Waals surface area contributed by atoms with Gasteiger partial charge in [-0.2, -0.15) is 5.10 Å². The summed E-state index contributed by atoms with van der Waals surface area (Å²) >= 11 is 0. The van der Waals surface area contributed by atoms with E-state index in [2.05, 4.69) is 10.5 Å². The molecular weight excluding hydrogens is 456 g/mol. The summed E-state index contributed by atoms with van der Waals surface area (Å²) in [4.78, 5) is 25.3. The number of carbonyl (C=O) groups excluding carboxylic acids is 2. The first-order chi connectivity index (χ1) is 17.6.